The minimum Gasteiger partial charge on any atom is -0.325 e. The molecule has 2 aromatic carbocycles. The average Bonchev–Trinajstić information content (AvgIpc) is 2.53. The van der Waals surface area contributed by atoms with E-state index in [1.54, 1.807) is 0 Å². The molecular weight excluding hydrogens is 296 g/mol. The second-order valence-corrected chi connectivity index (χ2v) is 6.14. The molecule has 0 aliphatic heterocycles. The molecule has 3 heteroatoms. The Labute approximate surface area is 141 Å². The summed E-state index contributed by atoms with van der Waals surface area (Å²) >= 11 is 0. The standard InChI is InChI=1S/C21H18N2O/c1-13-7-14(2)9-18(8-13)16-5-4-6-17(11-16)19-10-15(3)23-21(24)20(19)12-22/h4-11H,1-3H3,(H,23,24). The van der Waals surface area contributed by atoms with Gasteiger partial charge < -0.3 is 4.98 Å². The zero-order valence-corrected chi connectivity index (χ0v) is 14.0. The Kier molecular flexibility index (Phi) is 4.05. The molecule has 0 saturated carbocycles. The van der Waals surface area contributed by atoms with Crippen LogP contribution >= 0.6 is 0 Å². The van der Waals surface area contributed by atoms with Crippen LogP contribution in [0.1, 0.15) is 22.4 Å². The van der Waals surface area contributed by atoms with E-state index in [2.05, 4.69) is 37.0 Å². The second kappa shape index (κ2) is 6.17. The van der Waals surface area contributed by atoms with Gasteiger partial charge in [0.2, 0.25) is 0 Å². The van der Waals surface area contributed by atoms with Crippen LogP contribution < -0.4 is 5.56 Å². The van der Waals surface area contributed by atoms with Gasteiger partial charge in [-0.25, -0.2) is 0 Å². The molecule has 0 aliphatic rings. The lowest BCUT2D eigenvalue weighted by atomic mass is 9.95. The number of nitrogens with one attached hydrogen (secondary N) is 1. The van der Waals surface area contributed by atoms with Crippen LogP contribution in [-0.4, -0.2) is 4.98 Å². The van der Waals surface area contributed by atoms with Crippen molar-refractivity contribution in [1.29, 1.82) is 5.26 Å². The van der Waals surface area contributed by atoms with E-state index in [4.69, 9.17) is 0 Å². The molecule has 0 fully saturated rings. The van der Waals surface area contributed by atoms with Gasteiger partial charge in [-0.2, -0.15) is 5.26 Å². The zero-order valence-electron chi connectivity index (χ0n) is 14.0. The maximum absolute atomic E-state index is 12.0. The fourth-order valence-corrected chi connectivity index (χ4v) is 3.03. The first-order valence-electron chi connectivity index (χ1n) is 7.81. The zero-order chi connectivity index (χ0) is 17.3. The molecule has 1 aromatic heterocycles. The second-order valence-electron chi connectivity index (χ2n) is 6.14. The van der Waals surface area contributed by atoms with E-state index in [0.29, 0.717) is 5.56 Å². The normalized spacial score (nSPS) is 10.4. The lowest BCUT2D eigenvalue weighted by Gasteiger charge is -2.09. The molecule has 0 atom stereocenters. The van der Waals surface area contributed by atoms with Crippen LogP contribution in [0.4, 0.5) is 0 Å². The first-order valence-corrected chi connectivity index (χ1v) is 7.81. The van der Waals surface area contributed by atoms with Crippen molar-refractivity contribution in [2.75, 3.05) is 0 Å². The molecule has 1 heterocycles. The van der Waals surface area contributed by atoms with Crippen molar-refractivity contribution in [2.45, 2.75) is 20.8 Å². The van der Waals surface area contributed by atoms with Crippen molar-refractivity contribution < 1.29 is 0 Å². The predicted octanol–water partition coefficient (Wildman–Crippen LogP) is 4.51. The molecule has 24 heavy (non-hydrogen) atoms. The summed E-state index contributed by atoms with van der Waals surface area (Å²) < 4.78 is 0. The summed E-state index contributed by atoms with van der Waals surface area (Å²) in [7, 11) is 0. The van der Waals surface area contributed by atoms with Gasteiger partial charge >= 0.3 is 0 Å². The maximum Gasteiger partial charge on any atom is 0.266 e. The van der Waals surface area contributed by atoms with E-state index in [0.717, 1.165) is 22.4 Å². The Bertz CT molecular complexity index is 1000. The topological polar surface area (TPSA) is 56.6 Å². The highest BCUT2D eigenvalue weighted by atomic mass is 16.1. The molecule has 0 spiro atoms. The number of nitrogens with zero attached hydrogens (tertiary/aromatic N) is 1. The number of hydrogen-bond acceptors (Lipinski definition) is 2. The molecule has 3 aromatic rings. The van der Waals surface area contributed by atoms with Gasteiger partial charge in [-0.1, -0.05) is 47.5 Å². The van der Waals surface area contributed by atoms with Crippen LogP contribution in [0.5, 0.6) is 0 Å². The van der Waals surface area contributed by atoms with Crippen LogP contribution in [0.25, 0.3) is 22.3 Å². The highest BCUT2D eigenvalue weighted by Crippen LogP contribution is 2.28. The number of hydrogen-bond donors (Lipinski definition) is 1. The van der Waals surface area contributed by atoms with Crippen LogP contribution in [0, 0.1) is 32.1 Å². The minimum absolute atomic E-state index is 0.151. The van der Waals surface area contributed by atoms with Gasteiger partial charge in [-0.05, 0) is 49.6 Å². The molecule has 3 nitrogen and oxygen atoms in total. The third-order valence-electron chi connectivity index (χ3n) is 4.01. The van der Waals surface area contributed by atoms with E-state index in [1.165, 1.54) is 11.1 Å². The van der Waals surface area contributed by atoms with Crippen molar-refractivity contribution >= 4 is 0 Å². The van der Waals surface area contributed by atoms with Gasteiger partial charge in [0, 0.05) is 11.3 Å². The van der Waals surface area contributed by atoms with E-state index in [9.17, 15) is 10.1 Å². The quantitative estimate of drug-likeness (QED) is 0.757. The average molecular weight is 314 g/mol. The van der Waals surface area contributed by atoms with Gasteiger partial charge in [-0.15, -0.1) is 0 Å². The lowest BCUT2D eigenvalue weighted by molar-refractivity contribution is 1.13. The number of aryl methyl sites for hydroxylation is 3. The van der Waals surface area contributed by atoms with Gasteiger partial charge in [0.05, 0.1) is 0 Å². The van der Waals surface area contributed by atoms with Crippen LogP contribution in [0.15, 0.2) is 53.3 Å². The predicted molar refractivity (Wildman–Crippen MR) is 96.9 cm³/mol. The maximum atomic E-state index is 12.0. The smallest absolute Gasteiger partial charge is 0.266 e. The highest BCUT2D eigenvalue weighted by Gasteiger charge is 2.11. The molecule has 0 aliphatic carbocycles. The molecule has 0 amide bonds. The monoisotopic (exact) mass is 314 g/mol. The summed E-state index contributed by atoms with van der Waals surface area (Å²) in [6.45, 7) is 5.97. The number of nitriles is 1. The number of H-pyrrole nitrogens is 1. The third-order valence-corrected chi connectivity index (χ3v) is 4.01. The summed E-state index contributed by atoms with van der Waals surface area (Å²) in [4.78, 5) is 14.7. The van der Waals surface area contributed by atoms with Crippen molar-refractivity contribution in [3.05, 3.63) is 81.3 Å². The van der Waals surface area contributed by atoms with Gasteiger partial charge in [0.25, 0.3) is 5.56 Å². The van der Waals surface area contributed by atoms with E-state index >= 15 is 0 Å². The number of aromatic nitrogens is 1. The van der Waals surface area contributed by atoms with Crippen LogP contribution in [0.2, 0.25) is 0 Å². The summed E-state index contributed by atoms with van der Waals surface area (Å²) in [6, 6.07) is 18.3. The Hall–Kier alpha value is -3.12. The molecule has 0 radical (unpaired) electrons. The number of rotatable bonds is 2. The molecule has 0 bridgehead atoms. The van der Waals surface area contributed by atoms with Gasteiger partial charge in [0.15, 0.2) is 0 Å². The fourth-order valence-electron chi connectivity index (χ4n) is 3.03. The van der Waals surface area contributed by atoms with Crippen molar-refractivity contribution in [3.8, 4) is 28.3 Å². The summed E-state index contributed by atoms with van der Waals surface area (Å²) in [5.74, 6) is 0. The minimum atomic E-state index is -0.343. The Morgan fingerprint density at radius 3 is 2.21 bits per heavy atom. The van der Waals surface area contributed by atoms with Crippen molar-refractivity contribution in [2.24, 2.45) is 0 Å². The number of benzene rings is 2. The SMILES string of the molecule is Cc1cc(C)cc(-c2cccc(-c3cc(C)[nH]c(=O)c3C#N)c2)c1. The van der Waals surface area contributed by atoms with E-state index in [-0.39, 0.29) is 11.1 Å². The molecule has 0 saturated heterocycles. The first-order chi connectivity index (χ1) is 11.5. The summed E-state index contributed by atoms with van der Waals surface area (Å²) in [5, 5.41) is 9.34. The molecule has 3 rings (SSSR count). The third kappa shape index (κ3) is 3.00. The van der Waals surface area contributed by atoms with Crippen LogP contribution in [-0.2, 0) is 0 Å². The molecule has 1 N–H and O–H groups in total. The van der Waals surface area contributed by atoms with Gasteiger partial charge in [0.1, 0.15) is 11.6 Å². The number of pyridine rings is 1. The summed E-state index contributed by atoms with van der Waals surface area (Å²) in [5.41, 5.74) is 6.71. The Balaban J connectivity index is 2.19. The van der Waals surface area contributed by atoms with E-state index in [1.807, 2.05) is 43.3 Å². The van der Waals surface area contributed by atoms with Crippen molar-refractivity contribution in [1.82, 2.24) is 4.98 Å². The highest BCUT2D eigenvalue weighted by molar-refractivity contribution is 5.76. The van der Waals surface area contributed by atoms with Crippen molar-refractivity contribution in [3.63, 3.8) is 0 Å². The number of aromatic amines is 1. The largest absolute Gasteiger partial charge is 0.325 e. The molecule has 118 valence electrons. The molecule has 0 unspecified atom stereocenters. The first kappa shape index (κ1) is 15.8. The summed E-state index contributed by atoms with van der Waals surface area (Å²) in [6.07, 6.45) is 0. The van der Waals surface area contributed by atoms with Gasteiger partial charge in [-0.3, -0.25) is 4.79 Å². The van der Waals surface area contributed by atoms with Crippen LogP contribution in [0.3, 0.4) is 0 Å². The fraction of sp³-hybridized carbons (Fsp3) is 0.143. The Morgan fingerprint density at radius 1 is 0.875 bits per heavy atom. The van der Waals surface area contributed by atoms with E-state index < -0.39 is 0 Å². The molecular formula is C21H18N2O. The Morgan fingerprint density at radius 2 is 1.54 bits per heavy atom. The lowest BCUT2D eigenvalue weighted by Crippen LogP contribution is -2.12.